The van der Waals surface area contributed by atoms with Gasteiger partial charge in [0.25, 0.3) is 11.6 Å². The lowest BCUT2D eigenvalue weighted by molar-refractivity contribution is -0.384. The van der Waals surface area contributed by atoms with Gasteiger partial charge in [0.2, 0.25) is 5.43 Å². The molecule has 28 heavy (non-hydrogen) atoms. The van der Waals surface area contributed by atoms with E-state index in [1.165, 1.54) is 30.5 Å². The number of benzene rings is 2. The van der Waals surface area contributed by atoms with Gasteiger partial charge in [-0.15, -0.1) is 0 Å². The minimum absolute atomic E-state index is 0.100. The molecular formula is C19H15N3O6. The molecule has 1 heterocycles. The minimum atomic E-state index is -0.739. The number of anilines is 1. The van der Waals surface area contributed by atoms with Crippen LogP contribution in [-0.2, 0) is 4.74 Å². The molecule has 142 valence electrons. The maximum Gasteiger partial charge on any atom is 0.343 e. The fourth-order valence-corrected chi connectivity index (χ4v) is 2.62. The maximum absolute atomic E-state index is 12.6. The van der Waals surface area contributed by atoms with E-state index in [1.54, 1.807) is 19.1 Å². The fraction of sp³-hybridized carbons (Fsp3) is 0.105. The molecule has 0 atom stereocenters. The monoisotopic (exact) mass is 381 g/mol. The van der Waals surface area contributed by atoms with Gasteiger partial charge in [0.15, 0.2) is 0 Å². The first-order valence-corrected chi connectivity index (χ1v) is 8.29. The zero-order valence-corrected chi connectivity index (χ0v) is 14.7. The highest BCUT2D eigenvalue weighted by atomic mass is 16.6. The van der Waals surface area contributed by atoms with Crippen molar-refractivity contribution in [3.63, 3.8) is 0 Å². The largest absolute Gasteiger partial charge is 0.462 e. The summed E-state index contributed by atoms with van der Waals surface area (Å²) in [6.07, 6.45) is 1.28. The van der Waals surface area contributed by atoms with Crippen molar-refractivity contribution >= 4 is 34.2 Å². The van der Waals surface area contributed by atoms with E-state index in [4.69, 9.17) is 4.74 Å². The number of pyridine rings is 1. The number of nitro groups is 1. The van der Waals surface area contributed by atoms with Gasteiger partial charge in [-0.3, -0.25) is 19.7 Å². The van der Waals surface area contributed by atoms with Crippen LogP contribution >= 0.6 is 0 Å². The molecule has 9 nitrogen and oxygen atoms in total. The van der Waals surface area contributed by atoms with Crippen LogP contribution in [0.4, 0.5) is 11.4 Å². The van der Waals surface area contributed by atoms with Gasteiger partial charge in [0, 0.05) is 40.5 Å². The highest BCUT2D eigenvalue weighted by molar-refractivity contribution is 6.05. The SMILES string of the molecule is CCOC(=O)c1c[nH]c2ccc(NC(=O)c3cccc([N+](=O)[O-])c3)cc2c1=O. The lowest BCUT2D eigenvalue weighted by atomic mass is 10.1. The lowest BCUT2D eigenvalue weighted by Gasteiger charge is -2.08. The van der Waals surface area contributed by atoms with Crippen molar-refractivity contribution in [1.82, 2.24) is 4.98 Å². The number of esters is 1. The van der Waals surface area contributed by atoms with E-state index in [-0.39, 0.29) is 28.8 Å². The molecule has 0 radical (unpaired) electrons. The molecule has 0 unspecified atom stereocenters. The second-order valence-electron chi connectivity index (χ2n) is 5.77. The number of hydrogen-bond donors (Lipinski definition) is 2. The number of carbonyl (C=O) groups is 2. The molecule has 0 aliphatic rings. The topological polar surface area (TPSA) is 131 Å². The number of nitro benzene ring substituents is 1. The van der Waals surface area contributed by atoms with Crippen LogP contribution in [0.5, 0.6) is 0 Å². The first kappa shape index (κ1) is 18.8. The predicted molar refractivity (Wildman–Crippen MR) is 102 cm³/mol. The average Bonchev–Trinajstić information content (AvgIpc) is 2.69. The fourth-order valence-electron chi connectivity index (χ4n) is 2.62. The number of aromatic amines is 1. The molecule has 3 rings (SSSR count). The van der Waals surface area contributed by atoms with Gasteiger partial charge in [-0.1, -0.05) is 6.07 Å². The Labute approximate surface area is 158 Å². The second kappa shape index (κ2) is 7.70. The number of amides is 1. The molecule has 0 bridgehead atoms. The molecule has 2 N–H and O–H groups in total. The summed E-state index contributed by atoms with van der Waals surface area (Å²) in [7, 11) is 0. The Morgan fingerprint density at radius 2 is 2.00 bits per heavy atom. The number of carbonyl (C=O) groups excluding carboxylic acids is 2. The molecule has 0 saturated heterocycles. The van der Waals surface area contributed by atoms with E-state index in [0.717, 1.165) is 6.07 Å². The molecule has 3 aromatic rings. The van der Waals surface area contributed by atoms with Crippen LogP contribution in [0, 0.1) is 10.1 Å². The number of fused-ring (bicyclic) bond motifs is 1. The summed E-state index contributed by atoms with van der Waals surface area (Å²) >= 11 is 0. The molecular weight excluding hydrogens is 366 g/mol. The highest BCUT2D eigenvalue weighted by Crippen LogP contribution is 2.18. The quantitative estimate of drug-likeness (QED) is 0.397. The van der Waals surface area contributed by atoms with Crippen LogP contribution in [-0.4, -0.2) is 28.4 Å². The predicted octanol–water partition coefficient (Wildman–Crippen LogP) is 2.87. The van der Waals surface area contributed by atoms with Gasteiger partial charge in [-0.25, -0.2) is 4.79 Å². The second-order valence-corrected chi connectivity index (χ2v) is 5.77. The summed E-state index contributed by atoms with van der Waals surface area (Å²) in [4.78, 5) is 49.9. The molecule has 0 aliphatic heterocycles. The van der Waals surface area contributed by atoms with E-state index in [0.29, 0.717) is 11.2 Å². The number of H-pyrrole nitrogens is 1. The van der Waals surface area contributed by atoms with Gasteiger partial charge in [-0.05, 0) is 31.2 Å². The molecule has 1 aromatic heterocycles. The Balaban J connectivity index is 1.93. The first-order chi connectivity index (χ1) is 13.4. The third-order valence-corrected chi connectivity index (χ3v) is 3.95. The summed E-state index contributed by atoms with van der Waals surface area (Å²) in [5, 5.41) is 13.6. The molecule has 0 saturated carbocycles. The highest BCUT2D eigenvalue weighted by Gasteiger charge is 2.15. The van der Waals surface area contributed by atoms with Gasteiger partial charge in [0.05, 0.1) is 11.5 Å². The Kier molecular flexibility index (Phi) is 5.16. The van der Waals surface area contributed by atoms with E-state index in [1.807, 2.05) is 0 Å². The minimum Gasteiger partial charge on any atom is -0.462 e. The van der Waals surface area contributed by atoms with Crippen molar-refractivity contribution in [2.24, 2.45) is 0 Å². The van der Waals surface area contributed by atoms with Crippen LogP contribution in [0.2, 0.25) is 0 Å². The van der Waals surface area contributed by atoms with Gasteiger partial charge in [0.1, 0.15) is 5.56 Å². The molecule has 0 fully saturated rings. The van der Waals surface area contributed by atoms with Gasteiger partial charge < -0.3 is 15.0 Å². The Morgan fingerprint density at radius 1 is 1.21 bits per heavy atom. The third kappa shape index (κ3) is 3.73. The van der Waals surface area contributed by atoms with Crippen molar-refractivity contribution in [3.8, 4) is 0 Å². The Hall–Kier alpha value is -4.01. The van der Waals surface area contributed by atoms with E-state index < -0.39 is 22.2 Å². The third-order valence-electron chi connectivity index (χ3n) is 3.95. The van der Waals surface area contributed by atoms with E-state index >= 15 is 0 Å². The number of nitrogens with one attached hydrogen (secondary N) is 2. The molecule has 2 aromatic carbocycles. The average molecular weight is 381 g/mol. The summed E-state index contributed by atoms with van der Waals surface area (Å²) in [6.45, 7) is 1.77. The first-order valence-electron chi connectivity index (χ1n) is 8.29. The number of ether oxygens (including phenoxy) is 1. The zero-order valence-electron chi connectivity index (χ0n) is 14.7. The van der Waals surface area contributed by atoms with E-state index in [2.05, 4.69) is 10.3 Å². The van der Waals surface area contributed by atoms with Gasteiger partial charge in [-0.2, -0.15) is 0 Å². The van der Waals surface area contributed by atoms with Crippen molar-refractivity contribution in [1.29, 1.82) is 0 Å². The Bertz CT molecular complexity index is 1150. The summed E-state index contributed by atoms with van der Waals surface area (Å²) in [5.41, 5.74) is 0.00207. The summed E-state index contributed by atoms with van der Waals surface area (Å²) in [6, 6.07) is 9.85. The number of nitrogens with zero attached hydrogens (tertiary/aromatic N) is 1. The summed E-state index contributed by atoms with van der Waals surface area (Å²) < 4.78 is 4.86. The van der Waals surface area contributed by atoms with Crippen LogP contribution in [0.25, 0.3) is 10.9 Å². The smallest absolute Gasteiger partial charge is 0.343 e. The molecule has 9 heteroatoms. The molecule has 0 aliphatic carbocycles. The van der Waals surface area contributed by atoms with Crippen LogP contribution in [0.3, 0.4) is 0 Å². The maximum atomic E-state index is 12.6. The van der Waals surface area contributed by atoms with Crippen LogP contribution in [0.15, 0.2) is 53.5 Å². The number of aromatic nitrogens is 1. The lowest BCUT2D eigenvalue weighted by Crippen LogP contribution is -2.18. The summed E-state index contributed by atoms with van der Waals surface area (Å²) in [5.74, 6) is -1.31. The van der Waals surface area contributed by atoms with Gasteiger partial charge >= 0.3 is 5.97 Å². The number of hydrogen-bond acceptors (Lipinski definition) is 6. The Morgan fingerprint density at radius 3 is 2.71 bits per heavy atom. The standard InChI is InChI=1S/C19H15N3O6/c1-2-28-19(25)15-10-20-16-7-6-12(9-14(16)17(15)23)21-18(24)11-4-3-5-13(8-11)22(26)27/h3-10H,2H2,1H3,(H,20,23)(H,21,24). The van der Waals surface area contributed by atoms with Crippen LogP contribution in [0.1, 0.15) is 27.6 Å². The zero-order chi connectivity index (χ0) is 20.3. The molecule has 1 amide bonds. The van der Waals surface area contributed by atoms with Crippen molar-refractivity contribution in [2.45, 2.75) is 6.92 Å². The van der Waals surface area contributed by atoms with Crippen molar-refractivity contribution in [2.75, 3.05) is 11.9 Å². The van der Waals surface area contributed by atoms with Crippen molar-refractivity contribution < 1.29 is 19.2 Å². The van der Waals surface area contributed by atoms with E-state index in [9.17, 15) is 24.5 Å². The van der Waals surface area contributed by atoms with Crippen LogP contribution < -0.4 is 10.7 Å². The normalized spacial score (nSPS) is 10.5. The molecule has 0 spiro atoms. The number of rotatable bonds is 5. The number of non-ortho nitro benzene ring substituents is 1. The van der Waals surface area contributed by atoms with Crippen molar-refractivity contribution in [3.05, 3.63) is 80.1 Å².